The van der Waals surface area contributed by atoms with E-state index in [4.69, 9.17) is 0 Å². The molecule has 2 N–H and O–H groups in total. The summed E-state index contributed by atoms with van der Waals surface area (Å²) in [5, 5.41) is 6.26. The Labute approximate surface area is 95.2 Å². The van der Waals surface area contributed by atoms with Gasteiger partial charge in [-0.2, -0.15) is 0 Å². The number of imidazole rings is 1. The summed E-state index contributed by atoms with van der Waals surface area (Å²) in [7, 11) is 1.86. The quantitative estimate of drug-likeness (QED) is 0.765. The van der Waals surface area contributed by atoms with Crippen molar-refractivity contribution in [1.82, 2.24) is 20.2 Å². The molecule has 0 aliphatic carbocycles. The number of hydrogen-bond acceptors (Lipinski definition) is 3. The highest BCUT2D eigenvalue weighted by molar-refractivity contribution is 5.91. The first kappa shape index (κ1) is 11.1. The van der Waals surface area contributed by atoms with Gasteiger partial charge in [0, 0.05) is 19.8 Å². The van der Waals surface area contributed by atoms with Crippen LogP contribution in [0.4, 0.5) is 0 Å². The minimum atomic E-state index is -0.0776. The van der Waals surface area contributed by atoms with Crippen molar-refractivity contribution in [2.75, 3.05) is 19.6 Å². The van der Waals surface area contributed by atoms with Crippen molar-refractivity contribution in [2.24, 2.45) is 13.0 Å². The van der Waals surface area contributed by atoms with Crippen LogP contribution in [0, 0.1) is 5.92 Å². The number of aromatic nitrogens is 2. The molecule has 1 fully saturated rings. The van der Waals surface area contributed by atoms with Crippen LogP contribution in [0.25, 0.3) is 0 Å². The van der Waals surface area contributed by atoms with Gasteiger partial charge in [0.2, 0.25) is 0 Å². The van der Waals surface area contributed by atoms with Crippen LogP contribution >= 0.6 is 0 Å². The van der Waals surface area contributed by atoms with Gasteiger partial charge in [0.1, 0.15) is 5.69 Å². The van der Waals surface area contributed by atoms with Crippen LogP contribution in [-0.4, -0.2) is 35.1 Å². The number of hydrogen-bond donors (Lipinski definition) is 2. The van der Waals surface area contributed by atoms with E-state index >= 15 is 0 Å². The molecule has 88 valence electrons. The summed E-state index contributed by atoms with van der Waals surface area (Å²) >= 11 is 0. The first-order chi connectivity index (χ1) is 7.75. The summed E-state index contributed by atoms with van der Waals surface area (Å²) in [6.45, 7) is 2.84. The molecular weight excluding hydrogens is 204 g/mol. The molecule has 0 saturated carbocycles. The SMILES string of the molecule is Cn1cnc(C(=O)NCC2CCCNC2)c1. The van der Waals surface area contributed by atoms with Gasteiger partial charge in [0.25, 0.3) is 5.91 Å². The lowest BCUT2D eigenvalue weighted by Gasteiger charge is -2.22. The maximum atomic E-state index is 11.7. The van der Waals surface area contributed by atoms with Crippen molar-refractivity contribution in [1.29, 1.82) is 0 Å². The van der Waals surface area contributed by atoms with Crippen LogP contribution in [0.15, 0.2) is 12.5 Å². The zero-order chi connectivity index (χ0) is 11.4. The fraction of sp³-hybridized carbons (Fsp3) is 0.636. The van der Waals surface area contributed by atoms with Crippen LogP contribution in [-0.2, 0) is 7.05 Å². The fourth-order valence-corrected chi connectivity index (χ4v) is 1.96. The molecule has 0 spiro atoms. The molecule has 1 amide bonds. The standard InChI is InChI=1S/C11H18N4O/c1-15-7-10(14-8-15)11(16)13-6-9-3-2-4-12-5-9/h7-9,12H,2-6H2,1H3,(H,13,16). The van der Waals surface area contributed by atoms with Crippen molar-refractivity contribution >= 4 is 5.91 Å². The van der Waals surface area contributed by atoms with E-state index in [2.05, 4.69) is 15.6 Å². The fourth-order valence-electron chi connectivity index (χ4n) is 1.96. The Morgan fingerprint density at radius 2 is 2.62 bits per heavy atom. The van der Waals surface area contributed by atoms with Crippen molar-refractivity contribution in [2.45, 2.75) is 12.8 Å². The second kappa shape index (κ2) is 5.12. The molecule has 1 aliphatic rings. The number of piperidine rings is 1. The Balaban J connectivity index is 1.79. The highest BCUT2D eigenvalue weighted by Crippen LogP contribution is 2.08. The van der Waals surface area contributed by atoms with Gasteiger partial charge in [-0.25, -0.2) is 4.98 Å². The number of amides is 1. The molecule has 1 atom stereocenters. The van der Waals surface area contributed by atoms with Gasteiger partial charge >= 0.3 is 0 Å². The molecule has 16 heavy (non-hydrogen) atoms. The number of nitrogens with zero attached hydrogens (tertiary/aromatic N) is 2. The summed E-state index contributed by atoms with van der Waals surface area (Å²) < 4.78 is 1.77. The molecule has 5 nitrogen and oxygen atoms in total. The Kier molecular flexibility index (Phi) is 3.56. The largest absolute Gasteiger partial charge is 0.350 e. The average molecular weight is 222 g/mol. The van der Waals surface area contributed by atoms with Crippen LogP contribution in [0.1, 0.15) is 23.3 Å². The van der Waals surface area contributed by atoms with E-state index in [0.717, 1.165) is 19.6 Å². The Hall–Kier alpha value is -1.36. The predicted molar refractivity (Wildman–Crippen MR) is 61.1 cm³/mol. The van der Waals surface area contributed by atoms with Gasteiger partial charge in [-0.05, 0) is 31.8 Å². The first-order valence-electron chi connectivity index (χ1n) is 5.72. The number of aryl methyl sites for hydroxylation is 1. The van der Waals surface area contributed by atoms with E-state index in [9.17, 15) is 4.79 Å². The van der Waals surface area contributed by atoms with Crippen LogP contribution < -0.4 is 10.6 Å². The molecule has 1 aromatic heterocycles. The summed E-state index contributed by atoms with van der Waals surface area (Å²) in [4.78, 5) is 15.7. The molecule has 0 radical (unpaired) electrons. The highest BCUT2D eigenvalue weighted by Gasteiger charge is 2.15. The van der Waals surface area contributed by atoms with Gasteiger partial charge in [0.15, 0.2) is 0 Å². The van der Waals surface area contributed by atoms with E-state index in [1.54, 1.807) is 17.1 Å². The van der Waals surface area contributed by atoms with E-state index < -0.39 is 0 Å². The second-order valence-corrected chi connectivity index (χ2v) is 4.35. The second-order valence-electron chi connectivity index (χ2n) is 4.35. The number of carbonyl (C=O) groups is 1. The summed E-state index contributed by atoms with van der Waals surface area (Å²) in [5.74, 6) is 0.479. The highest BCUT2D eigenvalue weighted by atomic mass is 16.1. The lowest BCUT2D eigenvalue weighted by molar-refractivity contribution is 0.0940. The maximum absolute atomic E-state index is 11.7. The topological polar surface area (TPSA) is 59.0 Å². The van der Waals surface area contributed by atoms with Gasteiger partial charge in [-0.1, -0.05) is 0 Å². The van der Waals surface area contributed by atoms with E-state index in [1.807, 2.05) is 7.05 Å². The Morgan fingerprint density at radius 1 is 1.75 bits per heavy atom. The van der Waals surface area contributed by atoms with Crippen LogP contribution in [0.5, 0.6) is 0 Å². The number of carbonyl (C=O) groups excluding carboxylic acids is 1. The predicted octanol–water partition coefficient (Wildman–Crippen LogP) is 0.150. The van der Waals surface area contributed by atoms with Gasteiger partial charge in [-0.15, -0.1) is 0 Å². The molecular formula is C11H18N4O. The van der Waals surface area contributed by atoms with E-state index in [0.29, 0.717) is 11.6 Å². The maximum Gasteiger partial charge on any atom is 0.271 e. The smallest absolute Gasteiger partial charge is 0.271 e. The third-order valence-corrected chi connectivity index (χ3v) is 2.89. The third kappa shape index (κ3) is 2.82. The zero-order valence-corrected chi connectivity index (χ0v) is 9.57. The van der Waals surface area contributed by atoms with E-state index in [1.165, 1.54) is 12.8 Å². The van der Waals surface area contributed by atoms with Crippen molar-refractivity contribution in [3.05, 3.63) is 18.2 Å². The molecule has 1 aliphatic heterocycles. The normalized spacial score (nSPS) is 20.7. The Bertz CT molecular complexity index is 355. The third-order valence-electron chi connectivity index (χ3n) is 2.89. The average Bonchev–Trinajstić information content (AvgIpc) is 2.74. The molecule has 1 aromatic rings. The van der Waals surface area contributed by atoms with Crippen molar-refractivity contribution in [3.63, 3.8) is 0 Å². The molecule has 0 aromatic carbocycles. The summed E-state index contributed by atoms with van der Waals surface area (Å²) in [5.41, 5.74) is 0.492. The van der Waals surface area contributed by atoms with E-state index in [-0.39, 0.29) is 5.91 Å². The van der Waals surface area contributed by atoms with Gasteiger partial charge in [0.05, 0.1) is 6.33 Å². The van der Waals surface area contributed by atoms with Gasteiger partial charge < -0.3 is 15.2 Å². The van der Waals surface area contributed by atoms with Crippen LogP contribution in [0.3, 0.4) is 0 Å². The first-order valence-corrected chi connectivity index (χ1v) is 5.72. The molecule has 2 rings (SSSR count). The molecule has 1 unspecified atom stereocenters. The minimum absolute atomic E-state index is 0.0776. The van der Waals surface area contributed by atoms with Crippen LogP contribution in [0.2, 0.25) is 0 Å². The molecule has 1 saturated heterocycles. The molecule has 0 bridgehead atoms. The lowest BCUT2D eigenvalue weighted by atomic mass is 10.00. The van der Waals surface area contributed by atoms with Gasteiger partial charge in [-0.3, -0.25) is 4.79 Å². The number of rotatable bonds is 3. The minimum Gasteiger partial charge on any atom is -0.350 e. The van der Waals surface area contributed by atoms with Crippen molar-refractivity contribution < 1.29 is 4.79 Å². The molecule has 5 heteroatoms. The Morgan fingerprint density at radius 3 is 3.25 bits per heavy atom. The number of nitrogens with one attached hydrogen (secondary N) is 2. The van der Waals surface area contributed by atoms with Crippen molar-refractivity contribution in [3.8, 4) is 0 Å². The lowest BCUT2D eigenvalue weighted by Crippen LogP contribution is -2.38. The zero-order valence-electron chi connectivity index (χ0n) is 9.57. The monoisotopic (exact) mass is 222 g/mol. The summed E-state index contributed by atoms with van der Waals surface area (Å²) in [6, 6.07) is 0. The summed E-state index contributed by atoms with van der Waals surface area (Å²) in [6.07, 6.45) is 5.76. The molecule has 2 heterocycles.